The van der Waals surface area contributed by atoms with E-state index < -0.39 is 10.0 Å². The van der Waals surface area contributed by atoms with Gasteiger partial charge in [-0.2, -0.15) is 0 Å². The van der Waals surface area contributed by atoms with Crippen molar-refractivity contribution in [1.29, 1.82) is 0 Å². The molecule has 1 aromatic rings. The van der Waals surface area contributed by atoms with Crippen LogP contribution in [0.4, 0.5) is 0 Å². The molecule has 6 heteroatoms. The van der Waals surface area contributed by atoms with Crippen molar-refractivity contribution >= 4 is 10.0 Å². The van der Waals surface area contributed by atoms with E-state index in [0.717, 1.165) is 24.9 Å². The summed E-state index contributed by atoms with van der Waals surface area (Å²) in [7, 11) is -3.47. The van der Waals surface area contributed by atoms with Gasteiger partial charge in [-0.05, 0) is 44.0 Å². The number of rotatable bonds is 4. The smallest absolute Gasteiger partial charge is 0.258 e. The lowest BCUT2D eigenvalue weighted by atomic mass is 10.2. The number of aryl methyl sites for hydroxylation is 1. The van der Waals surface area contributed by atoms with Gasteiger partial charge in [-0.15, -0.1) is 0 Å². The van der Waals surface area contributed by atoms with Gasteiger partial charge in [0.2, 0.25) is 0 Å². The van der Waals surface area contributed by atoms with Crippen LogP contribution >= 0.6 is 0 Å². The Morgan fingerprint density at radius 3 is 3.06 bits per heavy atom. The number of pyridine rings is 1. The van der Waals surface area contributed by atoms with Crippen LogP contribution in [0.25, 0.3) is 0 Å². The van der Waals surface area contributed by atoms with Gasteiger partial charge in [-0.3, -0.25) is 0 Å². The third kappa shape index (κ3) is 3.24. The van der Waals surface area contributed by atoms with Crippen LogP contribution < -0.4 is 10.0 Å². The Labute approximate surface area is 102 Å². The summed E-state index contributed by atoms with van der Waals surface area (Å²) < 4.78 is 26.5. The highest BCUT2D eigenvalue weighted by atomic mass is 32.2. The number of hydrogen-bond donors (Lipinski definition) is 2. The molecule has 1 saturated heterocycles. The van der Waals surface area contributed by atoms with E-state index in [-0.39, 0.29) is 11.1 Å². The highest BCUT2D eigenvalue weighted by molar-refractivity contribution is 7.89. The predicted molar refractivity (Wildman–Crippen MR) is 65.2 cm³/mol. The second-order valence-electron chi connectivity index (χ2n) is 4.32. The molecule has 17 heavy (non-hydrogen) atoms. The fourth-order valence-electron chi connectivity index (χ4n) is 1.87. The molecule has 1 aromatic heterocycles. The minimum Gasteiger partial charge on any atom is -0.313 e. The Morgan fingerprint density at radius 1 is 1.59 bits per heavy atom. The van der Waals surface area contributed by atoms with E-state index in [4.69, 9.17) is 0 Å². The molecule has 2 rings (SSSR count). The molecule has 5 nitrogen and oxygen atoms in total. The molecular weight excluding hydrogens is 238 g/mol. The van der Waals surface area contributed by atoms with Crippen molar-refractivity contribution in [3.63, 3.8) is 0 Å². The number of aromatic nitrogens is 1. The summed E-state index contributed by atoms with van der Waals surface area (Å²) >= 11 is 0. The van der Waals surface area contributed by atoms with Crippen LogP contribution in [0.1, 0.15) is 18.4 Å². The van der Waals surface area contributed by atoms with Crippen LogP contribution in [0, 0.1) is 6.92 Å². The first-order valence-electron chi connectivity index (χ1n) is 5.74. The summed E-state index contributed by atoms with van der Waals surface area (Å²) in [5.41, 5.74) is 0.888. The van der Waals surface area contributed by atoms with E-state index >= 15 is 0 Å². The monoisotopic (exact) mass is 255 g/mol. The Balaban J connectivity index is 2.03. The van der Waals surface area contributed by atoms with E-state index in [1.165, 1.54) is 6.20 Å². The minimum atomic E-state index is -3.47. The second-order valence-corrected chi connectivity index (χ2v) is 6.03. The Morgan fingerprint density at radius 2 is 2.41 bits per heavy atom. The minimum absolute atomic E-state index is 0.0931. The number of hydrogen-bond acceptors (Lipinski definition) is 4. The first-order chi connectivity index (χ1) is 8.08. The van der Waals surface area contributed by atoms with Gasteiger partial charge >= 0.3 is 0 Å². The van der Waals surface area contributed by atoms with Crippen molar-refractivity contribution < 1.29 is 8.42 Å². The maximum Gasteiger partial charge on any atom is 0.258 e. The fraction of sp³-hybridized carbons (Fsp3) is 0.545. The molecule has 1 aliphatic rings. The normalized spacial score (nSPS) is 20.6. The zero-order valence-corrected chi connectivity index (χ0v) is 10.6. The molecule has 0 radical (unpaired) electrons. The van der Waals surface area contributed by atoms with Gasteiger partial charge in [0.25, 0.3) is 10.0 Å². The van der Waals surface area contributed by atoms with E-state index in [2.05, 4.69) is 15.0 Å². The van der Waals surface area contributed by atoms with Crippen molar-refractivity contribution in [2.45, 2.75) is 30.8 Å². The lowest BCUT2D eigenvalue weighted by Gasteiger charge is -2.11. The zero-order chi connectivity index (χ0) is 12.3. The lowest BCUT2D eigenvalue weighted by Crippen LogP contribution is -2.37. The largest absolute Gasteiger partial charge is 0.313 e. The van der Waals surface area contributed by atoms with Crippen LogP contribution in [0.15, 0.2) is 23.4 Å². The van der Waals surface area contributed by atoms with E-state index in [1.54, 1.807) is 12.1 Å². The van der Waals surface area contributed by atoms with Crippen LogP contribution in [-0.4, -0.2) is 32.5 Å². The average molecular weight is 255 g/mol. The van der Waals surface area contributed by atoms with E-state index in [1.807, 2.05) is 6.92 Å². The van der Waals surface area contributed by atoms with Crippen molar-refractivity contribution in [2.24, 2.45) is 0 Å². The highest BCUT2D eigenvalue weighted by Crippen LogP contribution is 2.08. The maximum atomic E-state index is 11.9. The number of sulfonamides is 1. The first kappa shape index (κ1) is 12.5. The van der Waals surface area contributed by atoms with Crippen molar-refractivity contribution in [3.8, 4) is 0 Å². The molecule has 94 valence electrons. The summed E-state index contributed by atoms with van der Waals surface area (Å²) in [6.45, 7) is 3.24. The standard InChI is InChI=1S/C11H17N3O2S/c1-9-4-6-13-11(7-9)17(15,16)14-8-10-3-2-5-12-10/h4,6-7,10,12,14H,2-3,5,8H2,1H3. The maximum absolute atomic E-state index is 11.9. The molecule has 0 saturated carbocycles. The van der Waals surface area contributed by atoms with Crippen molar-refractivity contribution in [1.82, 2.24) is 15.0 Å². The van der Waals surface area contributed by atoms with Gasteiger partial charge in [0.05, 0.1) is 0 Å². The molecule has 0 aromatic carbocycles. The van der Waals surface area contributed by atoms with Gasteiger partial charge in [0, 0.05) is 18.8 Å². The summed E-state index contributed by atoms with van der Waals surface area (Å²) in [5, 5.41) is 3.34. The molecule has 1 aliphatic heterocycles. The van der Waals surface area contributed by atoms with Gasteiger partial charge in [0.15, 0.2) is 5.03 Å². The van der Waals surface area contributed by atoms with Crippen molar-refractivity contribution in [2.75, 3.05) is 13.1 Å². The molecule has 1 fully saturated rings. The second kappa shape index (κ2) is 5.12. The Kier molecular flexibility index (Phi) is 3.76. The first-order valence-corrected chi connectivity index (χ1v) is 7.22. The summed E-state index contributed by atoms with van der Waals surface area (Å²) in [6, 6.07) is 3.59. The number of nitrogens with zero attached hydrogens (tertiary/aromatic N) is 1. The number of nitrogens with one attached hydrogen (secondary N) is 2. The predicted octanol–water partition coefficient (Wildman–Crippen LogP) is 0.420. The molecule has 2 N–H and O–H groups in total. The quantitative estimate of drug-likeness (QED) is 0.818. The molecular formula is C11H17N3O2S. The molecule has 0 spiro atoms. The molecule has 0 bridgehead atoms. The average Bonchev–Trinajstić information content (AvgIpc) is 2.79. The highest BCUT2D eigenvalue weighted by Gasteiger charge is 2.19. The molecule has 1 atom stereocenters. The third-order valence-electron chi connectivity index (χ3n) is 2.85. The molecule has 0 aliphatic carbocycles. The van der Waals surface area contributed by atoms with Crippen LogP contribution in [0.2, 0.25) is 0 Å². The topological polar surface area (TPSA) is 71.1 Å². The molecule has 1 unspecified atom stereocenters. The van der Waals surface area contributed by atoms with Crippen LogP contribution in [0.3, 0.4) is 0 Å². The van der Waals surface area contributed by atoms with E-state index in [0.29, 0.717) is 6.54 Å². The Hall–Kier alpha value is -0.980. The molecule has 2 heterocycles. The van der Waals surface area contributed by atoms with Crippen LogP contribution in [-0.2, 0) is 10.0 Å². The van der Waals surface area contributed by atoms with Gasteiger partial charge in [-0.25, -0.2) is 18.1 Å². The summed E-state index contributed by atoms with van der Waals surface area (Å²) in [5.74, 6) is 0. The SMILES string of the molecule is Cc1ccnc(S(=O)(=O)NCC2CCCN2)c1. The van der Waals surface area contributed by atoms with Crippen LogP contribution in [0.5, 0.6) is 0 Å². The fourth-order valence-corrected chi connectivity index (χ4v) is 2.98. The molecule has 0 amide bonds. The lowest BCUT2D eigenvalue weighted by molar-refractivity contribution is 0.549. The zero-order valence-electron chi connectivity index (χ0n) is 9.81. The van der Waals surface area contributed by atoms with E-state index in [9.17, 15) is 8.42 Å². The summed E-state index contributed by atoms with van der Waals surface area (Å²) in [4.78, 5) is 3.89. The van der Waals surface area contributed by atoms with Gasteiger partial charge in [-0.1, -0.05) is 0 Å². The van der Waals surface area contributed by atoms with Gasteiger partial charge in [0.1, 0.15) is 0 Å². The van der Waals surface area contributed by atoms with Crippen molar-refractivity contribution in [3.05, 3.63) is 23.9 Å². The third-order valence-corrected chi connectivity index (χ3v) is 4.17. The van der Waals surface area contributed by atoms with Gasteiger partial charge < -0.3 is 5.32 Å². The Bertz CT molecular complexity index is 481. The summed E-state index contributed by atoms with van der Waals surface area (Å²) in [6.07, 6.45) is 3.64.